The molecular weight excluding hydrogens is 188 g/mol. The lowest BCUT2D eigenvalue weighted by molar-refractivity contribution is -0.401. The van der Waals surface area contributed by atoms with Gasteiger partial charge < -0.3 is 14.1 Å². The summed E-state index contributed by atoms with van der Waals surface area (Å²) in [7, 11) is 0. The molecule has 1 saturated heterocycles. The summed E-state index contributed by atoms with van der Waals surface area (Å²) in [5.41, 5.74) is 0. The third-order valence-corrected chi connectivity index (χ3v) is 2.08. The van der Waals surface area contributed by atoms with Gasteiger partial charge in [0.1, 0.15) is 4.92 Å². The Morgan fingerprint density at radius 1 is 1.36 bits per heavy atom. The first-order chi connectivity index (χ1) is 6.77. The molecule has 1 fully saturated rings. The standard InChI is InChI=1S/C8H10N2O4/c11-10(12)8-2-1-7(14-8)9-3-5-13-6-4-9/h1-2H,3-6H2. The Balaban J connectivity index is 2.11. The molecule has 0 radical (unpaired) electrons. The Kier molecular flexibility index (Phi) is 2.36. The molecule has 0 bridgehead atoms. The fourth-order valence-corrected chi connectivity index (χ4v) is 1.37. The van der Waals surface area contributed by atoms with E-state index in [0.717, 1.165) is 0 Å². The molecule has 1 aromatic rings. The monoisotopic (exact) mass is 198 g/mol. The predicted octanol–water partition coefficient (Wildman–Crippen LogP) is 1.02. The minimum atomic E-state index is -0.538. The number of rotatable bonds is 2. The molecule has 1 aliphatic rings. The van der Waals surface area contributed by atoms with Crippen molar-refractivity contribution in [2.45, 2.75) is 0 Å². The Morgan fingerprint density at radius 2 is 2.07 bits per heavy atom. The van der Waals surface area contributed by atoms with Crippen molar-refractivity contribution in [3.8, 4) is 0 Å². The maximum absolute atomic E-state index is 10.4. The lowest BCUT2D eigenvalue weighted by atomic mass is 10.4. The highest BCUT2D eigenvalue weighted by Gasteiger charge is 2.18. The largest absolute Gasteiger partial charge is 0.434 e. The summed E-state index contributed by atoms with van der Waals surface area (Å²) in [6, 6.07) is 2.98. The first-order valence-electron chi connectivity index (χ1n) is 4.34. The van der Waals surface area contributed by atoms with E-state index in [4.69, 9.17) is 9.15 Å². The van der Waals surface area contributed by atoms with Crippen LogP contribution in [0.15, 0.2) is 16.5 Å². The minimum Gasteiger partial charge on any atom is -0.384 e. The lowest BCUT2D eigenvalue weighted by Gasteiger charge is -2.25. The number of ether oxygens (including phenoxy) is 1. The molecule has 0 aliphatic carbocycles. The molecule has 1 aliphatic heterocycles. The highest BCUT2D eigenvalue weighted by Crippen LogP contribution is 2.23. The van der Waals surface area contributed by atoms with Crippen LogP contribution >= 0.6 is 0 Å². The highest BCUT2D eigenvalue weighted by atomic mass is 16.6. The third kappa shape index (κ3) is 1.69. The number of anilines is 1. The van der Waals surface area contributed by atoms with Crippen molar-refractivity contribution in [2.75, 3.05) is 31.2 Å². The molecule has 0 aromatic carbocycles. The Bertz CT molecular complexity index is 330. The number of nitrogens with zero attached hydrogens (tertiary/aromatic N) is 2. The molecule has 2 rings (SSSR count). The van der Waals surface area contributed by atoms with Gasteiger partial charge in [0.05, 0.1) is 19.3 Å². The summed E-state index contributed by atoms with van der Waals surface area (Å²) in [6.07, 6.45) is 0. The summed E-state index contributed by atoms with van der Waals surface area (Å²) in [6.45, 7) is 2.69. The maximum atomic E-state index is 10.4. The van der Waals surface area contributed by atoms with Gasteiger partial charge in [-0.1, -0.05) is 0 Å². The molecule has 6 heteroatoms. The van der Waals surface area contributed by atoms with Crippen LogP contribution in [0, 0.1) is 10.1 Å². The molecule has 14 heavy (non-hydrogen) atoms. The van der Waals surface area contributed by atoms with Crippen molar-refractivity contribution in [3.05, 3.63) is 22.2 Å². The van der Waals surface area contributed by atoms with E-state index in [0.29, 0.717) is 32.2 Å². The van der Waals surface area contributed by atoms with Gasteiger partial charge in [-0.2, -0.15) is 0 Å². The summed E-state index contributed by atoms with van der Waals surface area (Å²) < 4.78 is 10.2. The van der Waals surface area contributed by atoms with Crippen molar-refractivity contribution in [1.82, 2.24) is 0 Å². The SMILES string of the molecule is O=[N+]([O-])c1ccc(N2CCOCC2)o1. The van der Waals surface area contributed by atoms with Crippen molar-refractivity contribution >= 4 is 11.8 Å². The normalized spacial score (nSPS) is 17.0. The Morgan fingerprint density at radius 3 is 2.64 bits per heavy atom. The average Bonchev–Trinajstić information content (AvgIpc) is 2.68. The van der Waals surface area contributed by atoms with Gasteiger partial charge in [0.2, 0.25) is 5.88 Å². The van der Waals surface area contributed by atoms with Gasteiger partial charge in [-0.25, -0.2) is 0 Å². The molecular formula is C8H10N2O4. The lowest BCUT2D eigenvalue weighted by Crippen LogP contribution is -2.35. The maximum Gasteiger partial charge on any atom is 0.434 e. The van der Waals surface area contributed by atoms with Crippen LogP contribution < -0.4 is 4.90 Å². The average molecular weight is 198 g/mol. The van der Waals surface area contributed by atoms with Gasteiger partial charge in [0.15, 0.2) is 0 Å². The van der Waals surface area contributed by atoms with Crippen molar-refractivity contribution in [3.63, 3.8) is 0 Å². The van der Waals surface area contributed by atoms with Crippen LogP contribution in [0.25, 0.3) is 0 Å². The van der Waals surface area contributed by atoms with Gasteiger partial charge in [0.25, 0.3) is 0 Å². The Labute approximate surface area is 80.2 Å². The zero-order chi connectivity index (χ0) is 9.97. The van der Waals surface area contributed by atoms with Crippen LogP contribution in [0.2, 0.25) is 0 Å². The molecule has 6 nitrogen and oxygen atoms in total. The van der Waals surface area contributed by atoms with E-state index in [-0.39, 0.29) is 5.88 Å². The molecule has 0 atom stereocenters. The molecule has 1 aromatic heterocycles. The number of furan rings is 1. The van der Waals surface area contributed by atoms with Crippen LogP contribution in [-0.4, -0.2) is 31.2 Å². The van der Waals surface area contributed by atoms with Gasteiger partial charge >= 0.3 is 5.88 Å². The molecule has 0 spiro atoms. The van der Waals surface area contributed by atoms with E-state index in [1.807, 2.05) is 4.90 Å². The predicted molar refractivity (Wildman–Crippen MR) is 48.4 cm³/mol. The van der Waals surface area contributed by atoms with Crippen LogP contribution in [-0.2, 0) is 4.74 Å². The van der Waals surface area contributed by atoms with Crippen LogP contribution in [0.4, 0.5) is 11.8 Å². The fraction of sp³-hybridized carbons (Fsp3) is 0.500. The zero-order valence-electron chi connectivity index (χ0n) is 7.51. The first kappa shape index (κ1) is 9.01. The van der Waals surface area contributed by atoms with E-state index >= 15 is 0 Å². The number of hydrogen-bond donors (Lipinski definition) is 0. The fourth-order valence-electron chi connectivity index (χ4n) is 1.37. The number of hydrogen-bond acceptors (Lipinski definition) is 5. The summed E-state index contributed by atoms with van der Waals surface area (Å²) in [4.78, 5) is 11.8. The second-order valence-electron chi connectivity index (χ2n) is 2.97. The van der Waals surface area contributed by atoms with Crippen molar-refractivity contribution in [1.29, 1.82) is 0 Å². The second-order valence-corrected chi connectivity index (χ2v) is 2.97. The molecule has 0 amide bonds. The molecule has 0 saturated carbocycles. The van der Waals surface area contributed by atoms with Gasteiger partial charge in [-0.3, -0.25) is 10.1 Å². The summed E-state index contributed by atoms with van der Waals surface area (Å²) >= 11 is 0. The van der Waals surface area contributed by atoms with Gasteiger partial charge in [0, 0.05) is 19.2 Å². The summed E-state index contributed by atoms with van der Waals surface area (Å²) in [5, 5.41) is 10.4. The molecule has 76 valence electrons. The topological polar surface area (TPSA) is 68.8 Å². The van der Waals surface area contributed by atoms with Crippen LogP contribution in [0.3, 0.4) is 0 Å². The van der Waals surface area contributed by atoms with E-state index in [1.54, 1.807) is 6.07 Å². The Hall–Kier alpha value is -1.56. The first-order valence-corrected chi connectivity index (χ1v) is 4.34. The van der Waals surface area contributed by atoms with Crippen molar-refractivity contribution in [2.24, 2.45) is 0 Å². The quantitative estimate of drug-likeness (QED) is 0.524. The minimum absolute atomic E-state index is 0.216. The van der Waals surface area contributed by atoms with Gasteiger partial charge in [-0.05, 0) is 0 Å². The van der Waals surface area contributed by atoms with E-state index < -0.39 is 4.92 Å². The number of nitro groups is 1. The van der Waals surface area contributed by atoms with E-state index in [2.05, 4.69) is 0 Å². The zero-order valence-corrected chi connectivity index (χ0v) is 7.51. The van der Waals surface area contributed by atoms with E-state index in [9.17, 15) is 10.1 Å². The van der Waals surface area contributed by atoms with Crippen molar-refractivity contribution < 1.29 is 14.1 Å². The molecule has 2 heterocycles. The number of morpholine rings is 1. The summed E-state index contributed by atoms with van der Waals surface area (Å²) in [5.74, 6) is 0.325. The molecule has 0 N–H and O–H groups in total. The highest BCUT2D eigenvalue weighted by molar-refractivity contribution is 5.40. The second kappa shape index (κ2) is 3.67. The smallest absolute Gasteiger partial charge is 0.384 e. The van der Waals surface area contributed by atoms with E-state index in [1.165, 1.54) is 6.07 Å². The van der Waals surface area contributed by atoms with Gasteiger partial charge in [-0.15, -0.1) is 0 Å². The van der Waals surface area contributed by atoms with Crippen LogP contribution in [0.1, 0.15) is 0 Å². The van der Waals surface area contributed by atoms with Crippen LogP contribution in [0.5, 0.6) is 0 Å². The molecule has 0 unspecified atom stereocenters. The third-order valence-electron chi connectivity index (χ3n) is 2.08.